The van der Waals surface area contributed by atoms with E-state index in [0.29, 0.717) is 6.54 Å². The molecule has 0 saturated carbocycles. The van der Waals surface area contributed by atoms with E-state index in [1.165, 1.54) is 12.7 Å². The van der Waals surface area contributed by atoms with Crippen molar-refractivity contribution in [3.63, 3.8) is 0 Å². The summed E-state index contributed by atoms with van der Waals surface area (Å²) in [6, 6.07) is 10.1. The summed E-state index contributed by atoms with van der Waals surface area (Å²) in [5.41, 5.74) is 7.20. The van der Waals surface area contributed by atoms with Crippen molar-refractivity contribution in [1.82, 2.24) is 4.90 Å². The maximum Gasteiger partial charge on any atom is 0.311 e. The van der Waals surface area contributed by atoms with Crippen molar-refractivity contribution in [3.8, 4) is 0 Å². The SMILES string of the molecule is COC(=O)C1CN(Cc2ccccc2)CC1N.Cl.Cl. The lowest BCUT2D eigenvalue weighted by Gasteiger charge is -2.14. The molecule has 0 spiro atoms. The van der Waals surface area contributed by atoms with Gasteiger partial charge in [0.25, 0.3) is 0 Å². The fourth-order valence-corrected chi connectivity index (χ4v) is 2.28. The number of halogens is 2. The van der Waals surface area contributed by atoms with Gasteiger partial charge in [0.2, 0.25) is 0 Å². The topological polar surface area (TPSA) is 55.6 Å². The van der Waals surface area contributed by atoms with Crippen LogP contribution in [0, 0.1) is 5.92 Å². The van der Waals surface area contributed by atoms with E-state index >= 15 is 0 Å². The van der Waals surface area contributed by atoms with Gasteiger partial charge in [0, 0.05) is 25.7 Å². The van der Waals surface area contributed by atoms with Gasteiger partial charge in [-0.3, -0.25) is 9.69 Å². The average Bonchev–Trinajstić information content (AvgIpc) is 2.70. The number of methoxy groups -OCH3 is 1. The highest BCUT2D eigenvalue weighted by atomic mass is 35.5. The molecule has 1 aromatic rings. The first-order valence-electron chi connectivity index (χ1n) is 5.80. The van der Waals surface area contributed by atoms with Gasteiger partial charge in [0.05, 0.1) is 13.0 Å². The van der Waals surface area contributed by atoms with Crippen LogP contribution in [0.3, 0.4) is 0 Å². The van der Waals surface area contributed by atoms with Crippen molar-refractivity contribution in [3.05, 3.63) is 35.9 Å². The Bertz CT molecular complexity index is 389. The first kappa shape index (κ1) is 18.2. The number of esters is 1. The summed E-state index contributed by atoms with van der Waals surface area (Å²) in [5.74, 6) is -0.392. The number of carbonyl (C=O) groups is 1. The molecule has 108 valence electrons. The molecule has 0 bridgehead atoms. The number of nitrogens with zero attached hydrogens (tertiary/aromatic N) is 1. The van der Waals surface area contributed by atoms with E-state index in [9.17, 15) is 4.79 Å². The quantitative estimate of drug-likeness (QED) is 0.859. The lowest BCUT2D eigenvalue weighted by Crippen LogP contribution is -2.34. The number of nitrogens with two attached hydrogens (primary N) is 1. The van der Waals surface area contributed by atoms with E-state index in [4.69, 9.17) is 10.5 Å². The third kappa shape index (κ3) is 4.66. The second-order valence-electron chi connectivity index (χ2n) is 4.47. The Kier molecular flexibility index (Phi) is 8.02. The Morgan fingerprint density at radius 2 is 1.95 bits per heavy atom. The minimum atomic E-state index is -0.201. The molecule has 19 heavy (non-hydrogen) atoms. The van der Waals surface area contributed by atoms with Gasteiger partial charge in [0.1, 0.15) is 0 Å². The van der Waals surface area contributed by atoms with E-state index < -0.39 is 0 Å². The van der Waals surface area contributed by atoms with Gasteiger partial charge >= 0.3 is 5.97 Å². The number of carbonyl (C=O) groups excluding carboxylic acids is 1. The van der Waals surface area contributed by atoms with Crippen molar-refractivity contribution in [2.75, 3.05) is 20.2 Å². The van der Waals surface area contributed by atoms with Crippen LogP contribution in [0.5, 0.6) is 0 Å². The van der Waals surface area contributed by atoms with Crippen molar-refractivity contribution in [1.29, 1.82) is 0 Å². The predicted molar refractivity (Wildman–Crippen MR) is 79.7 cm³/mol. The lowest BCUT2D eigenvalue weighted by atomic mass is 10.1. The molecule has 0 radical (unpaired) electrons. The van der Waals surface area contributed by atoms with E-state index in [2.05, 4.69) is 17.0 Å². The molecule has 2 unspecified atom stereocenters. The molecule has 1 heterocycles. The number of ether oxygens (including phenoxy) is 1. The number of rotatable bonds is 3. The van der Waals surface area contributed by atoms with Crippen LogP contribution in [-0.4, -0.2) is 37.1 Å². The molecule has 1 aliphatic rings. The van der Waals surface area contributed by atoms with Gasteiger partial charge in [-0.15, -0.1) is 24.8 Å². The summed E-state index contributed by atoms with van der Waals surface area (Å²) in [7, 11) is 1.41. The van der Waals surface area contributed by atoms with Crippen molar-refractivity contribution in [2.45, 2.75) is 12.6 Å². The van der Waals surface area contributed by atoms with E-state index in [1.54, 1.807) is 0 Å². The van der Waals surface area contributed by atoms with Crippen molar-refractivity contribution >= 4 is 30.8 Å². The summed E-state index contributed by atoms with van der Waals surface area (Å²) >= 11 is 0. The van der Waals surface area contributed by atoms with Crippen LogP contribution in [-0.2, 0) is 16.1 Å². The zero-order chi connectivity index (χ0) is 12.3. The van der Waals surface area contributed by atoms with Crippen LogP contribution >= 0.6 is 24.8 Å². The van der Waals surface area contributed by atoms with Crippen LogP contribution in [0.25, 0.3) is 0 Å². The third-order valence-corrected chi connectivity index (χ3v) is 3.19. The molecule has 6 heteroatoms. The molecule has 0 aliphatic carbocycles. The van der Waals surface area contributed by atoms with Crippen LogP contribution in [0.15, 0.2) is 30.3 Å². The first-order valence-corrected chi connectivity index (χ1v) is 5.80. The molecule has 4 nitrogen and oxygen atoms in total. The minimum Gasteiger partial charge on any atom is -0.469 e. The number of likely N-dealkylation sites (tertiary alicyclic amines) is 1. The zero-order valence-electron chi connectivity index (χ0n) is 10.8. The number of hydrogen-bond acceptors (Lipinski definition) is 4. The van der Waals surface area contributed by atoms with Gasteiger partial charge in [-0.2, -0.15) is 0 Å². The normalized spacial score (nSPS) is 22.2. The molecule has 0 aromatic heterocycles. The van der Waals surface area contributed by atoms with E-state index in [0.717, 1.165) is 13.1 Å². The lowest BCUT2D eigenvalue weighted by molar-refractivity contribution is -0.145. The maximum absolute atomic E-state index is 11.5. The molecule has 2 rings (SSSR count). The molecule has 1 aliphatic heterocycles. The summed E-state index contributed by atoms with van der Waals surface area (Å²) in [6.45, 7) is 2.26. The van der Waals surface area contributed by atoms with E-state index in [1.807, 2.05) is 18.2 Å². The second-order valence-corrected chi connectivity index (χ2v) is 4.47. The standard InChI is InChI=1S/C13H18N2O2.2ClH/c1-17-13(16)11-8-15(9-12(11)14)7-10-5-3-2-4-6-10;;/h2-6,11-12H,7-9,14H2,1H3;2*1H. The Balaban J connectivity index is 0.00000162. The molecule has 2 N–H and O–H groups in total. The Morgan fingerprint density at radius 3 is 2.53 bits per heavy atom. The average molecular weight is 307 g/mol. The summed E-state index contributed by atoms with van der Waals surface area (Å²) < 4.78 is 4.76. The Labute approximate surface area is 126 Å². The van der Waals surface area contributed by atoms with Gasteiger partial charge in [-0.1, -0.05) is 30.3 Å². The summed E-state index contributed by atoms with van der Waals surface area (Å²) in [5, 5.41) is 0. The molecular weight excluding hydrogens is 287 g/mol. The largest absolute Gasteiger partial charge is 0.469 e. The predicted octanol–water partition coefficient (Wildman–Crippen LogP) is 1.46. The van der Waals surface area contributed by atoms with Crippen LogP contribution in [0.1, 0.15) is 5.56 Å². The first-order chi connectivity index (χ1) is 8.20. The fourth-order valence-electron chi connectivity index (χ4n) is 2.28. The Hall–Kier alpha value is -0.810. The fraction of sp³-hybridized carbons (Fsp3) is 0.462. The van der Waals surface area contributed by atoms with Crippen molar-refractivity contribution < 1.29 is 9.53 Å². The Morgan fingerprint density at radius 1 is 1.32 bits per heavy atom. The van der Waals surface area contributed by atoms with Crippen LogP contribution < -0.4 is 5.73 Å². The van der Waals surface area contributed by atoms with Gasteiger partial charge < -0.3 is 10.5 Å². The van der Waals surface area contributed by atoms with Gasteiger partial charge in [-0.25, -0.2) is 0 Å². The van der Waals surface area contributed by atoms with Gasteiger partial charge in [0.15, 0.2) is 0 Å². The second kappa shape index (κ2) is 8.38. The molecule has 1 aromatic carbocycles. The molecular formula is C13H20Cl2N2O2. The monoisotopic (exact) mass is 306 g/mol. The molecule has 0 amide bonds. The van der Waals surface area contributed by atoms with Gasteiger partial charge in [-0.05, 0) is 5.56 Å². The summed E-state index contributed by atoms with van der Waals surface area (Å²) in [4.78, 5) is 13.7. The smallest absolute Gasteiger partial charge is 0.311 e. The van der Waals surface area contributed by atoms with Crippen LogP contribution in [0.2, 0.25) is 0 Å². The molecule has 1 saturated heterocycles. The maximum atomic E-state index is 11.5. The summed E-state index contributed by atoms with van der Waals surface area (Å²) in [6.07, 6.45) is 0. The molecule has 1 fully saturated rings. The highest BCUT2D eigenvalue weighted by Gasteiger charge is 2.35. The highest BCUT2D eigenvalue weighted by Crippen LogP contribution is 2.19. The van der Waals surface area contributed by atoms with Crippen molar-refractivity contribution in [2.24, 2.45) is 11.7 Å². The minimum absolute atomic E-state index is 0. The van der Waals surface area contributed by atoms with E-state index in [-0.39, 0.29) is 42.7 Å². The van der Waals surface area contributed by atoms with Crippen LogP contribution in [0.4, 0.5) is 0 Å². The number of benzene rings is 1. The zero-order valence-corrected chi connectivity index (χ0v) is 12.5. The third-order valence-electron chi connectivity index (χ3n) is 3.19. The highest BCUT2D eigenvalue weighted by molar-refractivity contribution is 5.85. The number of hydrogen-bond donors (Lipinski definition) is 1. The molecule has 2 atom stereocenters.